The lowest BCUT2D eigenvalue weighted by molar-refractivity contribution is 0.0629. The maximum absolute atomic E-state index is 13.2. The van der Waals surface area contributed by atoms with Gasteiger partial charge in [-0.15, -0.1) is 11.3 Å². The number of carbonyl (C=O) groups excluding carboxylic acids is 2. The minimum absolute atomic E-state index is 0.0346. The van der Waals surface area contributed by atoms with Crippen molar-refractivity contribution in [2.45, 2.75) is 13.5 Å². The van der Waals surface area contributed by atoms with E-state index in [9.17, 15) is 9.59 Å². The van der Waals surface area contributed by atoms with Crippen LogP contribution in [0.15, 0.2) is 66.0 Å². The second-order valence-corrected chi connectivity index (χ2v) is 8.42. The van der Waals surface area contributed by atoms with Gasteiger partial charge >= 0.3 is 0 Å². The third kappa shape index (κ3) is 4.61. The summed E-state index contributed by atoms with van der Waals surface area (Å²) in [6.45, 7) is 6.07. The lowest BCUT2D eigenvalue weighted by Gasteiger charge is -2.35. The zero-order valence-electron chi connectivity index (χ0n) is 17.0. The van der Waals surface area contributed by atoms with E-state index in [4.69, 9.17) is 0 Å². The van der Waals surface area contributed by atoms with E-state index in [1.807, 2.05) is 28.5 Å². The number of para-hydroxylation sites is 1. The van der Waals surface area contributed by atoms with Crippen molar-refractivity contribution in [3.8, 4) is 0 Å². The molecule has 2 amide bonds. The van der Waals surface area contributed by atoms with Crippen LogP contribution in [0.5, 0.6) is 0 Å². The smallest absolute Gasteiger partial charge is 0.265 e. The van der Waals surface area contributed by atoms with Crippen LogP contribution in [-0.4, -0.2) is 47.8 Å². The number of carbonyl (C=O) groups is 2. The topological polar surface area (TPSA) is 52.6 Å². The van der Waals surface area contributed by atoms with Crippen molar-refractivity contribution >= 4 is 28.8 Å². The summed E-state index contributed by atoms with van der Waals surface area (Å²) in [6.07, 6.45) is 0. The van der Waals surface area contributed by atoms with Gasteiger partial charge in [-0.3, -0.25) is 14.5 Å². The summed E-state index contributed by atoms with van der Waals surface area (Å²) in [6, 6.07) is 19.3. The Kier molecular flexibility index (Phi) is 6.26. The molecule has 30 heavy (non-hydrogen) atoms. The minimum Gasteiger partial charge on any atom is -0.336 e. The number of benzene rings is 2. The van der Waals surface area contributed by atoms with E-state index in [0.29, 0.717) is 29.2 Å². The molecule has 0 atom stereocenters. The third-order valence-corrected chi connectivity index (χ3v) is 6.33. The third-order valence-electron chi connectivity index (χ3n) is 5.47. The van der Waals surface area contributed by atoms with Gasteiger partial charge in [-0.1, -0.05) is 42.5 Å². The molecule has 5 nitrogen and oxygen atoms in total. The lowest BCUT2D eigenvalue weighted by Crippen LogP contribution is -2.48. The van der Waals surface area contributed by atoms with Crippen LogP contribution in [0, 0.1) is 6.92 Å². The molecule has 0 unspecified atom stereocenters. The van der Waals surface area contributed by atoms with Crippen LogP contribution in [-0.2, 0) is 6.54 Å². The highest BCUT2D eigenvalue weighted by molar-refractivity contribution is 7.12. The van der Waals surface area contributed by atoms with Gasteiger partial charge in [-0.05, 0) is 41.6 Å². The Labute approximate surface area is 180 Å². The molecule has 1 aromatic heterocycles. The number of rotatable bonds is 5. The molecule has 0 bridgehead atoms. The van der Waals surface area contributed by atoms with Gasteiger partial charge in [0.1, 0.15) is 0 Å². The molecule has 1 fully saturated rings. The van der Waals surface area contributed by atoms with Crippen LogP contribution in [0.25, 0.3) is 0 Å². The van der Waals surface area contributed by atoms with Crippen LogP contribution < -0.4 is 5.32 Å². The maximum atomic E-state index is 13.2. The second-order valence-electron chi connectivity index (χ2n) is 7.47. The SMILES string of the molecule is Cc1ccccc1CN1CCN(C(=O)c2ccccc2NC(=O)c2cccs2)CC1. The average Bonchev–Trinajstić information content (AvgIpc) is 3.31. The van der Waals surface area contributed by atoms with Crippen molar-refractivity contribution in [2.24, 2.45) is 0 Å². The summed E-state index contributed by atoms with van der Waals surface area (Å²) in [5.41, 5.74) is 3.73. The van der Waals surface area contributed by atoms with Gasteiger partial charge in [-0.2, -0.15) is 0 Å². The van der Waals surface area contributed by atoms with Gasteiger partial charge in [-0.25, -0.2) is 0 Å². The zero-order chi connectivity index (χ0) is 20.9. The first-order chi connectivity index (χ1) is 14.6. The number of nitrogens with zero attached hydrogens (tertiary/aromatic N) is 2. The Morgan fingerprint density at radius 3 is 2.40 bits per heavy atom. The Morgan fingerprint density at radius 1 is 0.933 bits per heavy atom. The molecule has 0 spiro atoms. The molecule has 0 saturated carbocycles. The van der Waals surface area contributed by atoms with Gasteiger partial charge in [0.15, 0.2) is 0 Å². The molecule has 6 heteroatoms. The average molecular weight is 420 g/mol. The summed E-state index contributed by atoms with van der Waals surface area (Å²) in [4.78, 5) is 30.5. The minimum atomic E-state index is -0.187. The van der Waals surface area contributed by atoms with Crippen LogP contribution in [0.4, 0.5) is 5.69 Å². The van der Waals surface area contributed by atoms with Crippen LogP contribution in [0.1, 0.15) is 31.2 Å². The van der Waals surface area contributed by atoms with Crippen molar-refractivity contribution in [1.82, 2.24) is 9.80 Å². The molecule has 2 heterocycles. The predicted octanol–water partition coefficient (Wildman–Crippen LogP) is 4.27. The number of piperazine rings is 1. The predicted molar refractivity (Wildman–Crippen MR) is 121 cm³/mol. The molecular weight excluding hydrogens is 394 g/mol. The van der Waals surface area contributed by atoms with E-state index in [2.05, 4.69) is 41.4 Å². The van der Waals surface area contributed by atoms with Crippen LogP contribution >= 0.6 is 11.3 Å². The van der Waals surface area contributed by atoms with E-state index in [0.717, 1.165) is 19.6 Å². The van der Waals surface area contributed by atoms with Gasteiger partial charge in [0.2, 0.25) is 0 Å². The van der Waals surface area contributed by atoms with Gasteiger partial charge in [0.25, 0.3) is 11.8 Å². The van der Waals surface area contributed by atoms with Gasteiger partial charge in [0, 0.05) is 32.7 Å². The van der Waals surface area contributed by atoms with Crippen molar-refractivity contribution in [1.29, 1.82) is 0 Å². The summed E-state index contributed by atoms with van der Waals surface area (Å²) in [7, 11) is 0. The number of nitrogens with one attached hydrogen (secondary N) is 1. The number of anilines is 1. The van der Waals surface area contributed by atoms with Gasteiger partial charge < -0.3 is 10.2 Å². The number of thiophene rings is 1. The van der Waals surface area contributed by atoms with Crippen LogP contribution in [0.3, 0.4) is 0 Å². The number of amides is 2. The molecule has 1 N–H and O–H groups in total. The molecule has 3 aromatic rings. The van der Waals surface area contributed by atoms with E-state index in [-0.39, 0.29) is 11.8 Å². The molecular formula is C24H25N3O2S. The highest BCUT2D eigenvalue weighted by Crippen LogP contribution is 2.21. The maximum Gasteiger partial charge on any atom is 0.265 e. The second kappa shape index (κ2) is 9.24. The quantitative estimate of drug-likeness (QED) is 0.672. The fourth-order valence-electron chi connectivity index (χ4n) is 3.68. The molecule has 4 rings (SSSR count). The highest BCUT2D eigenvalue weighted by Gasteiger charge is 2.24. The summed E-state index contributed by atoms with van der Waals surface area (Å²) < 4.78 is 0. The van der Waals surface area contributed by atoms with E-state index in [1.54, 1.807) is 18.2 Å². The van der Waals surface area contributed by atoms with Crippen molar-refractivity contribution < 1.29 is 9.59 Å². The zero-order valence-corrected chi connectivity index (χ0v) is 17.8. The molecule has 0 radical (unpaired) electrons. The fraction of sp³-hybridized carbons (Fsp3) is 0.250. The Morgan fingerprint density at radius 2 is 1.67 bits per heavy atom. The summed E-state index contributed by atoms with van der Waals surface area (Å²) >= 11 is 1.38. The first-order valence-electron chi connectivity index (χ1n) is 10.1. The van der Waals surface area contributed by atoms with Crippen LogP contribution in [0.2, 0.25) is 0 Å². The molecule has 1 aliphatic rings. The number of aryl methyl sites for hydroxylation is 1. The van der Waals surface area contributed by atoms with Crippen molar-refractivity contribution in [3.63, 3.8) is 0 Å². The first kappa shape index (κ1) is 20.3. The van der Waals surface area contributed by atoms with E-state index in [1.165, 1.54) is 22.5 Å². The van der Waals surface area contributed by atoms with E-state index >= 15 is 0 Å². The normalized spacial score (nSPS) is 14.5. The van der Waals surface area contributed by atoms with Gasteiger partial charge in [0.05, 0.1) is 16.1 Å². The molecule has 154 valence electrons. The number of hydrogen-bond acceptors (Lipinski definition) is 4. The molecule has 1 aliphatic heterocycles. The Hall–Kier alpha value is -2.96. The number of hydrogen-bond donors (Lipinski definition) is 1. The van der Waals surface area contributed by atoms with Crippen molar-refractivity contribution in [3.05, 3.63) is 87.6 Å². The monoisotopic (exact) mass is 419 g/mol. The Bertz CT molecular complexity index is 1020. The largest absolute Gasteiger partial charge is 0.336 e. The first-order valence-corrected chi connectivity index (χ1v) is 11.0. The standard InChI is InChI=1S/C24H25N3O2S/c1-18-7-2-3-8-19(18)17-26-12-14-27(15-13-26)24(29)20-9-4-5-10-21(20)25-23(28)22-11-6-16-30-22/h2-11,16H,12-15,17H2,1H3,(H,25,28). The summed E-state index contributed by atoms with van der Waals surface area (Å²) in [5, 5.41) is 4.76. The molecule has 0 aliphatic carbocycles. The van der Waals surface area contributed by atoms with E-state index < -0.39 is 0 Å². The summed E-state index contributed by atoms with van der Waals surface area (Å²) in [5.74, 6) is -0.221. The fourth-order valence-corrected chi connectivity index (χ4v) is 4.30. The molecule has 1 saturated heterocycles. The highest BCUT2D eigenvalue weighted by atomic mass is 32.1. The van der Waals surface area contributed by atoms with Crippen molar-refractivity contribution in [2.75, 3.05) is 31.5 Å². The molecule has 2 aromatic carbocycles. The lowest BCUT2D eigenvalue weighted by atomic mass is 10.1. The Balaban J connectivity index is 1.40.